The van der Waals surface area contributed by atoms with Gasteiger partial charge in [-0.15, -0.1) is 0 Å². The maximum atomic E-state index is 12.4. The molecule has 0 spiro atoms. The van der Waals surface area contributed by atoms with Gasteiger partial charge in [-0.3, -0.25) is 9.59 Å². The van der Waals surface area contributed by atoms with E-state index < -0.39 is 0 Å². The number of carbonyl (C=O) groups excluding carboxylic acids is 2. The number of ether oxygens (including phenoxy) is 1. The summed E-state index contributed by atoms with van der Waals surface area (Å²) in [4.78, 5) is 26.2. The number of carbonyl (C=O) groups is 2. The van der Waals surface area contributed by atoms with Crippen LogP contribution in [0.3, 0.4) is 0 Å². The molecule has 5 heteroatoms. The van der Waals surface area contributed by atoms with E-state index in [0.717, 1.165) is 34.5 Å². The highest BCUT2D eigenvalue weighted by atomic mass is 16.5. The van der Waals surface area contributed by atoms with Crippen LogP contribution in [0.25, 0.3) is 0 Å². The van der Waals surface area contributed by atoms with E-state index in [0.29, 0.717) is 13.0 Å². The van der Waals surface area contributed by atoms with E-state index in [1.807, 2.05) is 56.3 Å². The first-order valence-electron chi connectivity index (χ1n) is 9.22. The Labute approximate surface area is 161 Å². The number of rotatable bonds is 8. The molecular weight excluding hydrogens is 340 g/mol. The van der Waals surface area contributed by atoms with Crippen molar-refractivity contribution in [3.8, 4) is 5.75 Å². The Kier molecular flexibility index (Phi) is 7.41. The zero-order valence-corrected chi connectivity index (χ0v) is 16.5. The van der Waals surface area contributed by atoms with Gasteiger partial charge in [-0.1, -0.05) is 37.3 Å². The molecule has 0 radical (unpaired) electrons. The van der Waals surface area contributed by atoms with Crippen molar-refractivity contribution in [2.45, 2.75) is 33.6 Å². The fourth-order valence-corrected chi connectivity index (χ4v) is 3.11. The van der Waals surface area contributed by atoms with Crippen LogP contribution in [0, 0.1) is 6.92 Å². The highest BCUT2D eigenvalue weighted by molar-refractivity contribution is 5.98. The van der Waals surface area contributed by atoms with E-state index in [-0.39, 0.29) is 18.4 Å². The standard InChI is InChI=1S/C22H28N2O3/c1-5-19-10-6-8-16(2)22(19)24(17(3)25)15-21(26)23-13-12-18-9-7-11-20(14-18)27-4/h6-11,14H,5,12-13,15H2,1-4H3,(H,23,26). The van der Waals surface area contributed by atoms with Gasteiger partial charge in [0.15, 0.2) is 0 Å². The third kappa shape index (κ3) is 5.58. The number of nitrogens with zero attached hydrogens (tertiary/aromatic N) is 1. The Morgan fingerprint density at radius 1 is 1.15 bits per heavy atom. The molecule has 0 aliphatic rings. The minimum Gasteiger partial charge on any atom is -0.497 e. The highest BCUT2D eigenvalue weighted by Gasteiger charge is 2.19. The number of para-hydroxylation sites is 1. The zero-order chi connectivity index (χ0) is 19.8. The van der Waals surface area contributed by atoms with E-state index in [4.69, 9.17) is 4.74 Å². The van der Waals surface area contributed by atoms with Gasteiger partial charge < -0.3 is 15.0 Å². The van der Waals surface area contributed by atoms with E-state index in [1.54, 1.807) is 12.0 Å². The van der Waals surface area contributed by atoms with Crippen LogP contribution < -0.4 is 15.0 Å². The van der Waals surface area contributed by atoms with E-state index >= 15 is 0 Å². The van der Waals surface area contributed by atoms with Gasteiger partial charge in [-0.2, -0.15) is 0 Å². The minimum absolute atomic E-state index is 0.0191. The van der Waals surface area contributed by atoms with Gasteiger partial charge in [0.25, 0.3) is 0 Å². The second kappa shape index (κ2) is 9.76. The first-order chi connectivity index (χ1) is 13.0. The zero-order valence-electron chi connectivity index (χ0n) is 16.5. The summed E-state index contributed by atoms with van der Waals surface area (Å²) in [5, 5.41) is 2.91. The summed E-state index contributed by atoms with van der Waals surface area (Å²) < 4.78 is 5.21. The molecule has 144 valence electrons. The second-order valence-corrected chi connectivity index (χ2v) is 6.49. The topological polar surface area (TPSA) is 58.6 Å². The van der Waals surface area contributed by atoms with Gasteiger partial charge in [-0.05, 0) is 48.6 Å². The smallest absolute Gasteiger partial charge is 0.240 e. The number of anilines is 1. The average molecular weight is 368 g/mol. The summed E-state index contributed by atoms with van der Waals surface area (Å²) in [6.07, 6.45) is 1.51. The van der Waals surface area contributed by atoms with Crippen molar-refractivity contribution in [1.82, 2.24) is 5.32 Å². The van der Waals surface area contributed by atoms with E-state index in [9.17, 15) is 9.59 Å². The molecule has 5 nitrogen and oxygen atoms in total. The lowest BCUT2D eigenvalue weighted by molar-refractivity contribution is -0.123. The summed E-state index contributed by atoms with van der Waals surface area (Å²) in [5.41, 5.74) is 3.99. The van der Waals surface area contributed by atoms with Crippen LogP contribution in [0.15, 0.2) is 42.5 Å². The number of benzene rings is 2. The number of aryl methyl sites for hydroxylation is 2. The maximum Gasteiger partial charge on any atom is 0.240 e. The SMILES string of the molecule is CCc1cccc(C)c1N(CC(=O)NCCc1cccc(OC)c1)C(C)=O. The molecule has 0 saturated carbocycles. The Balaban J connectivity index is 2.00. The molecule has 0 unspecified atom stereocenters. The highest BCUT2D eigenvalue weighted by Crippen LogP contribution is 2.25. The molecule has 0 heterocycles. The molecule has 2 aromatic carbocycles. The summed E-state index contributed by atoms with van der Waals surface area (Å²) >= 11 is 0. The predicted octanol–water partition coefficient (Wildman–Crippen LogP) is 3.28. The van der Waals surface area contributed by atoms with Crippen LogP contribution in [0.1, 0.15) is 30.5 Å². The number of hydrogen-bond acceptors (Lipinski definition) is 3. The molecule has 2 aromatic rings. The maximum absolute atomic E-state index is 12.4. The van der Waals surface area contributed by atoms with Crippen LogP contribution in [-0.2, 0) is 22.4 Å². The summed E-state index contributed by atoms with van der Waals surface area (Å²) in [7, 11) is 1.63. The average Bonchev–Trinajstić information content (AvgIpc) is 2.66. The van der Waals surface area contributed by atoms with Crippen LogP contribution in [0.4, 0.5) is 5.69 Å². The van der Waals surface area contributed by atoms with Crippen molar-refractivity contribution >= 4 is 17.5 Å². The fraction of sp³-hybridized carbons (Fsp3) is 0.364. The van der Waals surface area contributed by atoms with Gasteiger partial charge in [0.1, 0.15) is 12.3 Å². The fourth-order valence-electron chi connectivity index (χ4n) is 3.11. The number of amides is 2. The molecule has 0 atom stereocenters. The van der Waals surface area contributed by atoms with Gasteiger partial charge in [0, 0.05) is 13.5 Å². The Morgan fingerprint density at radius 2 is 1.89 bits per heavy atom. The van der Waals surface area contributed by atoms with Crippen LogP contribution in [0.2, 0.25) is 0 Å². The van der Waals surface area contributed by atoms with Crippen LogP contribution in [0.5, 0.6) is 5.75 Å². The van der Waals surface area contributed by atoms with Crippen molar-refractivity contribution in [3.63, 3.8) is 0 Å². The number of hydrogen-bond donors (Lipinski definition) is 1. The second-order valence-electron chi connectivity index (χ2n) is 6.49. The van der Waals surface area contributed by atoms with E-state index in [2.05, 4.69) is 5.32 Å². The van der Waals surface area contributed by atoms with Crippen molar-refractivity contribution in [2.24, 2.45) is 0 Å². The Bertz CT molecular complexity index is 802. The lowest BCUT2D eigenvalue weighted by Gasteiger charge is -2.25. The first-order valence-corrected chi connectivity index (χ1v) is 9.22. The largest absolute Gasteiger partial charge is 0.497 e. The summed E-state index contributed by atoms with van der Waals surface area (Å²) in [6, 6.07) is 13.7. The van der Waals surface area contributed by atoms with Crippen molar-refractivity contribution in [3.05, 3.63) is 59.2 Å². The Morgan fingerprint density at radius 3 is 2.56 bits per heavy atom. The van der Waals surface area contributed by atoms with Gasteiger partial charge >= 0.3 is 0 Å². The van der Waals surface area contributed by atoms with Gasteiger partial charge in [0.05, 0.1) is 12.8 Å². The minimum atomic E-state index is -0.168. The molecule has 2 amide bonds. The number of methoxy groups -OCH3 is 1. The lowest BCUT2D eigenvalue weighted by atomic mass is 10.0. The lowest BCUT2D eigenvalue weighted by Crippen LogP contribution is -2.41. The third-order valence-corrected chi connectivity index (χ3v) is 4.52. The molecule has 0 aliphatic heterocycles. The van der Waals surface area contributed by atoms with Crippen LogP contribution in [-0.4, -0.2) is 32.0 Å². The molecule has 0 fully saturated rings. The molecule has 1 N–H and O–H groups in total. The van der Waals surface area contributed by atoms with Gasteiger partial charge in [0.2, 0.25) is 11.8 Å². The summed E-state index contributed by atoms with van der Waals surface area (Å²) in [6.45, 7) is 6.03. The van der Waals surface area contributed by atoms with E-state index in [1.165, 1.54) is 6.92 Å². The number of nitrogens with one attached hydrogen (secondary N) is 1. The quantitative estimate of drug-likeness (QED) is 0.778. The van der Waals surface area contributed by atoms with Crippen molar-refractivity contribution < 1.29 is 14.3 Å². The molecule has 0 aliphatic carbocycles. The normalized spacial score (nSPS) is 10.4. The van der Waals surface area contributed by atoms with Crippen molar-refractivity contribution in [2.75, 3.05) is 25.1 Å². The Hall–Kier alpha value is -2.82. The van der Waals surface area contributed by atoms with Crippen molar-refractivity contribution in [1.29, 1.82) is 0 Å². The molecule has 2 rings (SSSR count). The van der Waals surface area contributed by atoms with Crippen LogP contribution >= 0.6 is 0 Å². The molecule has 0 aromatic heterocycles. The molecule has 27 heavy (non-hydrogen) atoms. The summed E-state index contributed by atoms with van der Waals surface area (Å²) in [5.74, 6) is 0.494. The monoisotopic (exact) mass is 368 g/mol. The molecule has 0 saturated heterocycles. The molecular formula is C22H28N2O3. The van der Waals surface area contributed by atoms with Gasteiger partial charge in [-0.25, -0.2) is 0 Å². The third-order valence-electron chi connectivity index (χ3n) is 4.52. The first kappa shape index (κ1) is 20.5. The molecule has 0 bridgehead atoms. The predicted molar refractivity (Wildman–Crippen MR) is 108 cm³/mol.